The third kappa shape index (κ3) is 2.25. The Labute approximate surface area is 96.2 Å². The first-order valence-electron chi connectivity index (χ1n) is 5.99. The van der Waals surface area contributed by atoms with Crippen LogP contribution < -0.4 is 5.32 Å². The molecule has 1 unspecified atom stereocenters. The van der Waals surface area contributed by atoms with E-state index in [2.05, 4.69) is 27.0 Å². The van der Waals surface area contributed by atoms with Crippen molar-refractivity contribution < 1.29 is 4.74 Å². The number of fused-ring (bicyclic) bond motifs is 1. The lowest BCUT2D eigenvalue weighted by Gasteiger charge is -2.24. The van der Waals surface area contributed by atoms with Gasteiger partial charge in [-0.25, -0.2) is 0 Å². The molecule has 90 valence electrons. The number of nitrogens with zero attached hydrogens (tertiary/aromatic N) is 3. The molecule has 1 aliphatic heterocycles. The average molecular weight is 224 g/mol. The molecular formula is C11H20N4O. The Kier molecular flexibility index (Phi) is 3.56. The smallest absolute Gasteiger partial charge is 0.159 e. The number of ether oxygens (including phenoxy) is 1. The molecule has 0 saturated heterocycles. The van der Waals surface area contributed by atoms with Gasteiger partial charge in [-0.2, -0.15) is 0 Å². The Morgan fingerprint density at radius 3 is 3.00 bits per heavy atom. The van der Waals surface area contributed by atoms with Crippen molar-refractivity contribution in [2.24, 2.45) is 0 Å². The van der Waals surface area contributed by atoms with Gasteiger partial charge in [-0.3, -0.25) is 0 Å². The van der Waals surface area contributed by atoms with Crippen LogP contribution in [0.4, 0.5) is 0 Å². The van der Waals surface area contributed by atoms with E-state index in [0.717, 1.165) is 31.2 Å². The minimum atomic E-state index is 0.233. The van der Waals surface area contributed by atoms with Crippen molar-refractivity contribution >= 4 is 0 Å². The van der Waals surface area contributed by atoms with Gasteiger partial charge in [-0.1, -0.05) is 6.92 Å². The molecule has 0 amide bonds. The lowest BCUT2D eigenvalue weighted by molar-refractivity contribution is 0.0588. The number of aromatic nitrogens is 3. The van der Waals surface area contributed by atoms with Gasteiger partial charge in [0.25, 0.3) is 0 Å². The fourth-order valence-corrected chi connectivity index (χ4v) is 1.97. The summed E-state index contributed by atoms with van der Waals surface area (Å²) >= 11 is 0. The third-order valence-corrected chi connectivity index (χ3v) is 2.85. The maximum absolute atomic E-state index is 5.58. The molecular weight excluding hydrogens is 204 g/mol. The van der Waals surface area contributed by atoms with Gasteiger partial charge in [-0.05, 0) is 20.3 Å². The first-order valence-corrected chi connectivity index (χ1v) is 5.99. The number of nitrogens with one attached hydrogen (secondary N) is 1. The standard InChI is InChI=1S/C11H20N4O/c1-4-9-11-14-13-10(7-16-8(2)3)15(11)6-5-12-9/h8-9,12H,4-7H2,1-3H3. The molecule has 2 rings (SSSR count). The molecule has 1 N–H and O–H groups in total. The molecule has 1 aromatic rings. The SMILES string of the molecule is CCC1NCCn2c(COC(C)C)nnc21. The maximum atomic E-state index is 5.58. The highest BCUT2D eigenvalue weighted by Crippen LogP contribution is 2.19. The monoisotopic (exact) mass is 224 g/mol. The summed E-state index contributed by atoms with van der Waals surface area (Å²) < 4.78 is 7.76. The lowest BCUT2D eigenvalue weighted by atomic mass is 10.2. The lowest BCUT2D eigenvalue weighted by Crippen LogP contribution is -2.34. The summed E-state index contributed by atoms with van der Waals surface area (Å²) in [7, 11) is 0. The highest BCUT2D eigenvalue weighted by atomic mass is 16.5. The summed E-state index contributed by atoms with van der Waals surface area (Å²) in [5, 5.41) is 11.9. The average Bonchev–Trinajstić information content (AvgIpc) is 2.69. The molecule has 0 fully saturated rings. The van der Waals surface area contributed by atoms with Gasteiger partial charge in [0, 0.05) is 13.1 Å². The molecule has 1 aliphatic rings. The highest BCUT2D eigenvalue weighted by molar-refractivity contribution is 5.03. The van der Waals surface area contributed by atoms with Crippen LogP contribution in [0.25, 0.3) is 0 Å². The summed E-state index contributed by atoms with van der Waals surface area (Å²) in [5.41, 5.74) is 0. The molecule has 0 aliphatic carbocycles. The van der Waals surface area contributed by atoms with Gasteiger partial charge in [-0.15, -0.1) is 10.2 Å². The van der Waals surface area contributed by atoms with E-state index in [1.165, 1.54) is 0 Å². The van der Waals surface area contributed by atoms with Crippen LogP contribution in [-0.4, -0.2) is 27.4 Å². The maximum Gasteiger partial charge on any atom is 0.159 e. The zero-order chi connectivity index (χ0) is 11.5. The van der Waals surface area contributed by atoms with Crippen LogP contribution >= 0.6 is 0 Å². The molecule has 5 nitrogen and oxygen atoms in total. The Balaban J connectivity index is 2.13. The van der Waals surface area contributed by atoms with Crippen LogP contribution in [0.15, 0.2) is 0 Å². The van der Waals surface area contributed by atoms with Crippen molar-refractivity contribution in [2.75, 3.05) is 6.54 Å². The third-order valence-electron chi connectivity index (χ3n) is 2.85. The van der Waals surface area contributed by atoms with E-state index in [1.807, 2.05) is 13.8 Å². The molecule has 0 bridgehead atoms. The second-order valence-corrected chi connectivity index (χ2v) is 4.40. The second-order valence-electron chi connectivity index (χ2n) is 4.40. The number of hydrogen-bond acceptors (Lipinski definition) is 4. The first kappa shape index (κ1) is 11.5. The molecule has 0 saturated carbocycles. The van der Waals surface area contributed by atoms with Gasteiger partial charge in [0.1, 0.15) is 12.4 Å². The van der Waals surface area contributed by atoms with Crippen molar-refractivity contribution in [1.29, 1.82) is 0 Å². The predicted molar refractivity (Wildman–Crippen MR) is 61.0 cm³/mol. The van der Waals surface area contributed by atoms with Crippen LogP contribution in [0.3, 0.4) is 0 Å². The number of hydrogen-bond donors (Lipinski definition) is 1. The first-order chi connectivity index (χ1) is 7.72. The summed E-state index contributed by atoms with van der Waals surface area (Å²) in [6.45, 7) is 8.70. The summed E-state index contributed by atoms with van der Waals surface area (Å²) in [4.78, 5) is 0. The van der Waals surface area contributed by atoms with Crippen LogP contribution in [0.1, 0.15) is 44.9 Å². The minimum Gasteiger partial charge on any atom is -0.371 e. The van der Waals surface area contributed by atoms with E-state index in [1.54, 1.807) is 0 Å². The van der Waals surface area contributed by atoms with Gasteiger partial charge < -0.3 is 14.6 Å². The van der Waals surface area contributed by atoms with E-state index in [4.69, 9.17) is 4.74 Å². The summed E-state index contributed by atoms with van der Waals surface area (Å²) in [5.74, 6) is 2.00. The van der Waals surface area contributed by atoms with Gasteiger partial charge in [0.15, 0.2) is 5.82 Å². The molecule has 16 heavy (non-hydrogen) atoms. The largest absolute Gasteiger partial charge is 0.371 e. The molecule has 1 atom stereocenters. The van der Waals surface area contributed by atoms with E-state index in [0.29, 0.717) is 12.6 Å². The van der Waals surface area contributed by atoms with E-state index >= 15 is 0 Å². The van der Waals surface area contributed by atoms with Crippen molar-refractivity contribution in [3.05, 3.63) is 11.6 Å². The van der Waals surface area contributed by atoms with E-state index < -0.39 is 0 Å². The fourth-order valence-electron chi connectivity index (χ4n) is 1.97. The molecule has 0 spiro atoms. The zero-order valence-corrected chi connectivity index (χ0v) is 10.2. The molecule has 1 aromatic heterocycles. The Bertz CT molecular complexity index is 348. The van der Waals surface area contributed by atoms with Crippen LogP contribution in [0.2, 0.25) is 0 Å². The van der Waals surface area contributed by atoms with Crippen LogP contribution in [0, 0.1) is 0 Å². The summed E-state index contributed by atoms with van der Waals surface area (Å²) in [6, 6.07) is 0.342. The highest BCUT2D eigenvalue weighted by Gasteiger charge is 2.23. The molecule has 0 radical (unpaired) electrons. The minimum absolute atomic E-state index is 0.233. The van der Waals surface area contributed by atoms with Crippen molar-refractivity contribution in [2.45, 2.75) is 52.5 Å². The second kappa shape index (κ2) is 4.93. The van der Waals surface area contributed by atoms with Crippen molar-refractivity contribution in [3.8, 4) is 0 Å². The Morgan fingerprint density at radius 1 is 1.50 bits per heavy atom. The van der Waals surface area contributed by atoms with E-state index in [9.17, 15) is 0 Å². The quantitative estimate of drug-likeness (QED) is 0.836. The van der Waals surface area contributed by atoms with Crippen LogP contribution in [-0.2, 0) is 17.9 Å². The molecule has 5 heteroatoms. The summed E-state index contributed by atoms with van der Waals surface area (Å²) in [6.07, 6.45) is 1.28. The van der Waals surface area contributed by atoms with Crippen molar-refractivity contribution in [3.63, 3.8) is 0 Å². The molecule has 2 heterocycles. The zero-order valence-electron chi connectivity index (χ0n) is 10.2. The normalized spacial score (nSPS) is 20.1. The topological polar surface area (TPSA) is 52.0 Å². The van der Waals surface area contributed by atoms with Gasteiger partial charge in [0.2, 0.25) is 0 Å². The van der Waals surface area contributed by atoms with E-state index in [-0.39, 0.29) is 6.10 Å². The van der Waals surface area contributed by atoms with Crippen molar-refractivity contribution in [1.82, 2.24) is 20.1 Å². The predicted octanol–water partition coefficient (Wildman–Crippen LogP) is 1.26. The molecule has 0 aromatic carbocycles. The van der Waals surface area contributed by atoms with Gasteiger partial charge >= 0.3 is 0 Å². The Hall–Kier alpha value is -0.940. The Morgan fingerprint density at radius 2 is 2.31 bits per heavy atom. The van der Waals surface area contributed by atoms with Crippen LogP contribution in [0.5, 0.6) is 0 Å². The fraction of sp³-hybridized carbons (Fsp3) is 0.818. The van der Waals surface area contributed by atoms with Gasteiger partial charge in [0.05, 0.1) is 12.1 Å². The number of rotatable bonds is 4.